The molecule has 0 spiro atoms. The Morgan fingerprint density at radius 3 is 2.80 bits per heavy atom. The number of nitrogens with one attached hydrogen (secondary N) is 1. The van der Waals surface area contributed by atoms with Crippen molar-refractivity contribution in [3.8, 4) is 11.5 Å². The molecule has 0 fully saturated rings. The van der Waals surface area contributed by atoms with Gasteiger partial charge < -0.3 is 14.8 Å². The lowest BCUT2D eigenvalue weighted by Crippen LogP contribution is -2.21. The van der Waals surface area contributed by atoms with Crippen molar-refractivity contribution in [3.63, 3.8) is 0 Å². The number of carbonyl (C=O) groups is 1. The molecule has 0 aliphatic heterocycles. The maximum Gasteiger partial charge on any atom is 0.387 e. The molecule has 7 heteroatoms. The fourth-order valence-corrected chi connectivity index (χ4v) is 2.09. The number of nitrogens with zero attached hydrogens (tertiary/aromatic N) is 1. The van der Waals surface area contributed by atoms with Crippen molar-refractivity contribution in [2.75, 3.05) is 7.11 Å². The van der Waals surface area contributed by atoms with E-state index in [0.717, 1.165) is 11.3 Å². The molecule has 0 aliphatic carbocycles. The molecular weight excluding hydrogens is 330 g/mol. The summed E-state index contributed by atoms with van der Waals surface area (Å²) in [5.41, 5.74) is 2.40. The van der Waals surface area contributed by atoms with Crippen LogP contribution in [0.25, 0.3) is 6.08 Å². The van der Waals surface area contributed by atoms with Crippen LogP contribution >= 0.6 is 0 Å². The first-order valence-electron chi connectivity index (χ1n) is 7.49. The van der Waals surface area contributed by atoms with Gasteiger partial charge in [0.25, 0.3) is 0 Å². The molecule has 0 bridgehead atoms. The Labute approximate surface area is 144 Å². The Morgan fingerprint density at radius 2 is 2.12 bits per heavy atom. The minimum absolute atomic E-state index is 0.0651. The third kappa shape index (κ3) is 5.56. The number of methoxy groups -OCH3 is 1. The van der Waals surface area contributed by atoms with Crippen LogP contribution in [0.3, 0.4) is 0 Å². The fraction of sp³-hybridized carbons (Fsp3) is 0.222. The molecule has 1 amide bonds. The summed E-state index contributed by atoms with van der Waals surface area (Å²) in [4.78, 5) is 16.1. The van der Waals surface area contributed by atoms with Crippen LogP contribution in [0.15, 0.2) is 42.6 Å². The van der Waals surface area contributed by atoms with Gasteiger partial charge >= 0.3 is 6.61 Å². The van der Waals surface area contributed by atoms with Gasteiger partial charge in [-0.25, -0.2) is 0 Å². The van der Waals surface area contributed by atoms with E-state index in [0.29, 0.717) is 12.1 Å². The van der Waals surface area contributed by atoms with E-state index < -0.39 is 6.61 Å². The molecule has 0 saturated carbocycles. The summed E-state index contributed by atoms with van der Waals surface area (Å²) >= 11 is 0. The molecule has 0 atom stereocenters. The van der Waals surface area contributed by atoms with Crippen LogP contribution in [0.1, 0.15) is 16.8 Å². The summed E-state index contributed by atoms with van der Waals surface area (Å²) < 4.78 is 33.9. The first-order valence-corrected chi connectivity index (χ1v) is 7.49. The molecule has 1 aromatic carbocycles. The molecular formula is C18H18F2N2O3. The Balaban J connectivity index is 1.98. The maximum absolute atomic E-state index is 12.3. The first kappa shape index (κ1) is 18.4. The summed E-state index contributed by atoms with van der Waals surface area (Å²) in [6.45, 7) is -0.698. The van der Waals surface area contributed by atoms with E-state index in [-0.39, 0.29) is 17.4 Å². The van der Waals surface area contributed by atoms with Crippen LogP contribution in [0.2, 0.25) is 0 Å². The highest BCUT2D eigenvalue weighted by Crippen LogP contribution is 2.29. The highest BCUT2D eigenvalue weighted by molar-refractivity contribution is 5.91. The van der Waals surface area contributed by atoms with Crippen LogP contribution in [0, 0.1) is 6.92 Å². The summed E-state index contributed by atoms with van der Waals surface area (Å²) in [6.07, 6.45) is 4.57. The maximum atomic E-state index is 12.3. The van der Waals surface area contributed by atoms with Gasteiger partial charge in [-0.3, -0.25) is 9.78 Å². The highest BCUT2D eigenvalue weighted by Gasteiger charge is 2.10. The van der Waals surface area contributed by atoms with Gasteiger partial charge in [0, 0.05) is 12.3 Å². The zero-order valence-corrected chi connectivity index (χ0v) is 13.8. The van der Waals surface area contributed by atoms with Gasteiger partial charge in [-0.15, -0.1) is 0 Å². The number of hydrogen-bond acceptors (Lipinski definition) is 4. The monoisotopic (exact) mass is 348 g/mol. The average molecular weight is 348 g/mol. The SMILES string of the molecule is COc1cc(/C=C/C(=O)NCc2ncccc2C)ccc1OC(F)F. The smallest absolute Gasteiger partial charge is 0.387 e. The Kier molecular flexibility index (Phi) is 6.45. The molecule has 1 N–H and O–H groups in total. The molecule has 5 nitrogen and oxygen atoms in total. The van der Waals surface area contributed by atoms with E-state index in [2.05, 4.69) is 15.0 Å². The minimum atomic E-state index is -2.93. The summed E-state index contributed by atoms with van der Waals surface area (Å²) in [7, 11) is 1.35. The molecule has 0 saturated heterocycles. The molecule has 132 valence electrons. The van der Waals surface area contributed by atoms with Crippen LogP contribution in [0.5, 0.6) is 11.5 Å². The van der Waals surface area contributed by atoms with Gasteiger partial charge in [-0.1, -0.05) is 12.1 Å². The number of amides is 1. The van der Waals surface area contributed by atoms with Crippen molar-refractivity contribution in [3.05, 3.63) is 59.4 Å². The lowest BCUT2D eigenvalue weighted by molar-refractivity contribution is -0.116. The summed E-state index contributed by atoms with van der Waals surface area (Å²) in [5, 5.41) is 2.73. The third-order valence-electron chi connectivity index (χ3n) is 3.38. The molecule has 1 aromatic heterocycles. The normalized spacial score (nSPS) is 10.9. The van der Waals surface area contributed by atoms with Crippen LogP contribution < -0.4 is 14.8 Å². The van der Waals surface area contributed by atoms with Crippen molar-refractivity contribution < 1.29 is 23.0 Å². The number of aryl methyl sites for hydroxylation is 1. The van der Waals surface area contributed by atoms with Crippen molar-refractivity contribution in [2.45, 2.75) is 20.1 Å². The van der Waals surface area contributed by atoms with Crippen LogP contribution in [-0.2, 0) is 11.3 Å². The molecule has 1 heterocycles. The Hall–Kier alpha value is -2.96. The van der Waals surface area contributed by atoms with Gasteiger partial charge in [0.05, 0.1) is 19.3 Å². The van der Waals surface area contributed by atoms with Gasteiger partial charge in [-0.05, 0) is 42.3 Å². The third-order valence-corrected chi connectivity index (χ3v) is 3.38. The average Bonchev–Trinajstić information content (AvgIpc) is 2.59. The number of hydrogen-bond donors (Lipinski definition) is 1. The Bertz CT molecular complexity index is 764. The van der Waals surface area contributed by atoms with Crippen molar-refractivity contribution in [2.24, 2.45) is 0 Å². The van der Waals surface area contributed by atoms with Gasteiger partial charge in [0.1, 0.15) is 0 Å². The number of rotatable bonds is 7. The molecule has 2 aromatic rings. The van der Waals surface area contributed by atoms with E-state index in [9.17, 15) is 13.6 Å². The lowest BCUT2D eigenvalue weighted by atomic mass is 10.2. The number of aromatic nitrogens is 1. The van der Waals surface area contributed by atoms with Gasteiger partial charge in [0.2, 0.25) is 5.91 Å². The number of alkyl halides is 2. The zero-order chi connectivity index (χ0) is 18.2. The molecule has 25 heavy (non-hydrogen) atoms. The second kappa shape index (κ2) is 8.77. The van der Waals surface area contributed by atoms with E-state index in [4.69, 9.17) is 4.74 Å². The predicted octanol–water partition coefficient (Wildman–Crippen LogP) is 3.33. The predicted molar refractivity (Wildman–Crippen MR) is 89.5 cm³/mol. The van der Waals surface area contributed by atoms with Crippen molar-refractivity contribution in [1.29, 1.82) is 0 Å². The quantitative estimate of drug-likeness (QED) is 0.780. The molecule has 0 unspecified atom stereocenters. The lowest BCUT2D eigenvalue weighted by Gasteiger charge is -2.10. The van der Waals surface area contributed by atoms with Crippen LogP contribution in [0.4, 0.5) is 8.78 Å². The Morgan fingerprint density at radius 1 is 1.32 bits per heavy atom. The van der Waals surface area contributed by atoms with Crippen molar-refractivity contribution in [1.82, 2.24) is 10.3 Å². The van der Waals surface area contributed by atoms with E-state index in [1.54, 1.807) is 18.3 Å². The van der Waals surface area contributed by atoms with Gasteiger partial charge in [-0.2, -0.15) is 8.78 Å². The zero-order valence-electron chi connectivity index (χ0n) is 13.8. The minimum Gasteiger partial charge on any atom is -0.493 e. The second-order valence-electron chi connectivity index (χ2n) is 5.11. The number of pyridine rings is 1. The van der Waals surface area contributed by atoms with Crippen molar-refractivity contribution >= 4 is 12.0 Å². The van der Waals surface area contributed by atoms with Gasteiger partial charge in [0.15, 0.2) is 11.5 Å². The molecule has 2 rings (SSSR count). The van der Waals surface area contributed by atoms with E-state index >= 15 is 0 Å². The molecule has 0 aliphatic rings. The van der Waals surface area contributed by atoms with E-state index in [1.165, 1.54) is 25.3 Å². The number of benzene rings is 1. The first-order chi connectivity index (χ1) is 12.0. The number of halogens is 2. The highest BCUT2D eigenvalue weighted by atomic mass is 19.3. The largest absolute Gasteiger partial charge is 0.493 e. The fourth-order valence-electron chi connectivity index (χ4n) is 2.09. The number of ether oxygens (including phenoxy) is 2. The molecule has 0 radical (unpaired) electrons. The van der Waals surface area contributed by atoms with Crippen LogP contribution in [-0.4, -0.2) is 24.6 Å². The summed E-state index contributed by atoms with van der Waals surface area (Å²) in [5.74, 6) is -0.200. The summed E-state index contributed by atoms with van der Waals surface area (Å²) in [6, 6.07) is 8.16. The number of carbonyl (C=O) groups excluding carboxylic acids is 1. The van der Waals surface area contributed by atoms with E-state index in [1.807, 2.05) is 19.1 Å². The standard InChI is InChI=1S/C18H18F2N2O3/c1-12-4-3-9-21-14(12)11-22-17(23)8-6-13-5-7-15(25-18(19)20)16(10-13)24-2/h3-10,18H,11H2,1-2H3,(H,22,23)/b8-6+. The second-order valence-corrected chi connectivity index (χ2v) is 5.11. The topological polar surface area (TPSA) is 60.5 Å².